The van der Waals surface area contributed by atoms with Gasteiger partial charge in [0.15, 0.2) is 17.3 Å². The van der Waals surface area contributed by atoms with E-state index in [9.17, 15) is 4.39 Å². The van der Waals surface area contributed by atoms with E-state index < -0.39 is 5.82 Å². The molecule has 0 saturated heterocycles. The van der Waals surface area contributed by atoms with E-state index in [1.807, 2.05) is 0 Å². The number of hydrogen-bond donors (Lipinski definition) is 1. The summed E-state index contributed by atoms with van der Waals surface area (Å²) in [5, 5.41) is 8.97. The van der Waals surface area contributed by atoms with Crippen LogP contribution in [0.2, 0.25) is 0 Å². The monoisotopic (exact) mass is 214 g/mol. The third-order valence-corrected chi connectivity index (χ3v) is 2.30. The second-order valence-electron chi connectivity index (χ2n) is 3.32. The molecule has 0 radical (unpaired) electrons. The van der Waals surface area contributed by atoms with Crippen molar-refractivity contribution in [2.45, 2.75) is 12.8 Å². The molecular formula is C11H15FO3. The van der Waals surface area contributed by atoms with E-state index in [1.54, 1.807) is 13.0 Å². The maximum Gasteiger partial charge on any atom is 0.196 e. The van der Waals surface area contributed by atoms with Crippen LogP contribution in [0, 0.1) is 5.82 Å². The van der Waals surface area contributed by atoms with Crippen LogP contribution in [0.15, 0.2) is 12.1 Å². The number of hydrogen-bond acceptors (Lipinski definition) is 3. The number of aliphatic hydroxyl groups is 1. The molecule has 0 aromatic heterocycles. The molecule has 84 valence electrons. The van der Waals surface area contributed by atoms with E-state index in [0.29, 0.717) is 11.3 Å². The maximum absolute atomic E-state index is 13.5. The number of ether oxygens (including phenoxy) is 2. The molecule has 3 nitrogen and oxygen atoms in total. The summed E-state index contributed by atoms with van der Waals surface area (Å²) in [7, 11) is 2.83. The van der Waals surface area contributed by atoms with Crippen molar-refractivity contribution >= 4 is 0 Å². The molecule has 0 aliphatic rings. The van der Waals surface area contributed by atoms with Crippen molar-refractivity contribution in [2.24, 2.45) is 0 Å². The molecule has 0 aliphatic carbocycles. The number of aliphatic hydroxyl groups excluding tert-OH is 1. The van der Waals surface area contributed by atoms with Gasteiger partial charge >= 0.3 is 0 Å². The molecule has 0 spiro atoms. The van der Waals surface area contributed by atoms with Crippen molar-refractivity contribution in [3.63, 3.8) is 0 Å². The Hall–Kier alpha value is -1.29. The van der Waals surface area contributed by atoms with Crippen LogP contribution in [0.4, 0.5) is 4.39 Å². The minimum absolute atomic E-state index is 0.0328. The van der Waals surface area contributed by atoms with Crippen LogP contribution in [0.1, 0.15) is 18.4 Å². The Labute approximate surface area is 88.4 Å². The van der Waals surface area contributed by atoms with Crippen LogP contribution in [0.25, 0.3) is 0 Å². The average molecular weight is 214 g/mol. The van der Waals surface area contributed by atoms with E-state index in [-0.39, 0.29) is 18.3 Å². The Morgan fingerprint density at radius 2 is 2.00 bits per heavy atom. The highest BCUT2D eigenvalue weighted by molar-refractivity contribution is 5.45. The summed E-state index contributed by atoms with van der Waals surface area (Å²) in [6, 6.07) is 3.02. The first-order valence-electron chi connectivity index (χ1n) is 4.66. The number of rotatable bonds is 4. The quantitative estimate of drug-likeness (QED) is 0.832. The third-order valence-electron chi connectivity index (χ3n) is 2.30. The molecule has 0 bridgehead atoms. The van der Waals surface area contributed by atoms with Crippen molar-refractivity contribution in [1.82, 2.24) is 0 Å². The maximum atomic E-state index is 13.5. The molecule has 1 aromatic rings. The van der Waals surface area contributed by atoms with Gasteiger partial charge in [-0.15, -0.1) is 0 Å². The molecule has 1 N–H and O–H groups in total. The molecule has 0 fully saturated rings. The summed E-state index contributed by atoms with van der Waals surface area (Å²) in [5.41, 5.74) is 0.688. The Morgan fingerprint density at radius 3 is 2.47 bits per heavy atom. The molecule has 0 aliphatic heterocycles. The molecule has 1 rings (SSSR count). The minimum Gasteiger partial charge on any atom is -0.493 e. The number of halogens is 1. The summed E-state index contributed by atoms with van der Waals surface area (Å²) < 4.78 is 23.4. The van der Waals surface area contributed by atoms with Gasteiger partial charge < -0.3 is 14.6 Å². The van der Waals surface area contributed by atoms with E-state index >= 15 is 0 Å². The standard InChI is InChI=1S/C11H15FO3/c1-7(6-13)8-4-9(12)11(15-3)10(5-8)14-2/h4-5,7,13H,6H2,1-3H3. The lowest BCUT2D eigenvalue weighted by molar-refractivity contribution is 0.272. The fraction of sp³-hybridized carbons (Fsp3) is 0.455. The van der Waals surface area contributed by atoms with Gasteiger partial charge in [0.25, 0.3) is 0 Å². The number of methoxy groups -OCH3 is 2. The smallest absolute Gasteiger partial charge is 0.196 e. The first kappa shape index (κ1) is 11.8. The second-order valence-corrected chi connectivity index (χ2v) is 3.32. The SMILES string of the molecule is COc1cc(C(C)CO)cc(F)c1OC. The Kier molecular flexibility index (Phi) is 3.91. The van der Waals surface area contributed by atoms with Gasteiger partial charge in [0.1, 0.15) is 0 Å². The van der Waals surface area contributed by atoms with Crippen LogP contribution in [0.3, 0.4) is 0 Å². The highest BCUT2D eigenvalue weighted by Crippen LogP contribution is 2.33. The predicted molar refractivity (Wildman–Crippen MR) is 55.0 cm³/mol. The van der Waals surface area contributed by atoms with Gasteiger partial charge in [-0.3, -0.25) is 0 Å². The largest absolute Gasteiger partial charge is 0.493 e. The van der Waals surface area contributed by atoms with Gasteiger partial charge in [0.05, 0.1) is 14.2 Å². The lowest BCUT2D eigenvalue weighted by Crippen LogP contribution is -2.02. The lowest BCUT2D eigenvalue weighted by Gasteiger charge is -2.13. The van der Waals surface area contributed by atoms with Crippen LogP contribution >= 0.6 is 0 Å². The van der Waals surface area contributed by atoms with Gasteiger partial charge in [0, 0.05) is 12.5 Å². The summed E-state index contributed by atoms with van der Waals surface area (Å²) in [5.74, 6) is -0.175. The van der Waals surface area contributed by atoms with E-state index in [0.717, 1.165) is 0 Å². The lowest BCUT2D eigenvalue weighted by atomic mass is 10.0. The van der Waals surface area contributed by atoms with Crippen LogP contribution in [-0.2, 0) is 0 Å². The van der Waals surface area contributed by atoms with Gasteiger partial charge in [-0.1, -0.05) is 6.92 Å². The zero-order chi connectivity index (χ0) is 11.4. The highest BCUT2D eigenvalue weighted by Gasteiger charge is 2.14. The molecule has 4 heteroatoms. The van der Waals surface area contributed by atoms with Gasteiger partial charge in [-0.05, 0) is 17.7 Å². The van der Waals surface area contributed by atoms with Gasteiger partial charge in [-0.25, -0.2) is 4.39 Å². The summed E-state index contributed by atoms with van der Waals surface area (Å²) in [4.78, 5) is 0. The fourth-order valence-electron chi connectivity index (χ4n) is 1.33. The van der Waals surface area contributed by atoms with Crippen LogP contribution in [0.5, 0.6) is 11.5 Å². The second kappa shape index (κ2) is 4.98. The number of benzene rings is 1. The molecule has 1 aromatic carbocycles. The fourth-order valence-corrected chi connectivity index (χ4v) is 1.33. The third kappa shape index (κ3) is 2.39. The molecule has 0 heterocycles. The van der Waals surface area contributed by atoms with E-state index in [4.69, 9.17) is 14.6 Å². The van der Waals surface area contributed by atoms with Crippen molar-refractivity contribution in [2.75, 3.05) is 20.8 Å². The Balaban J connectivity index is 3.19. The first-order chi connectivity index (χ1) is 7.13. The summed E-state index contributed by atoms with van der Waals surface area (Å²) in [6.07, 6.45) is 0. The van der Waals surface area contributed by atoms with Gasteiger partial charge in [0.2, 0.25) is 0 Å². The predicted octanol–water partition coefficient (Wildman–Crippen LogP) is 1.94. The Morgan fingerprint density at radius 1 is 1.33 bits per heavy atom. The van der Waals surface area contributed by atoms with Crippen LogP contribution < -0.4 is 9.47 Å². The summed E-state index contributed by atoms with van der Waals surface area (Å²) in [6.45, 7) is 1.77. The normalized spacial score (nSPS) is 12.3. The first-order valence-corrected chi connectivity index (χ1v) is 4.66. The van der Waals surface area contributed by atoms with E-state index in [2.05, 4.69) is 0 Å². The molecule has 15 heavy (non-hydrogen) atoms. The topological polar surface area (TPSA) is 38.7 Å². The molecule has 1 atom stereocenters. The molecular weight excluding hydrogens is 199 g/mol. The average Bonchev–Trinajstić information content (AvgIpc) is 2.26. The minimum atomic E-state index is -0.479. The van der Waals surface area contributed by atoms with Crippen molar-refractivity contribution in [1.29, 1.82) is 0 Å². The van der Waals surface area contributed by atoms with Gasteiger partial charge in [-0.2, -0.15) is 0 Å². The molecule has 1 unspecified atom stereocenters. The Bertz CT molecular complexity index is 339. The summed E-state index contributed by atoms with van der Waals surface area (Å²) >= 11 is 0. The zero-order valence-electron chi connectivity index (χ0n) is 9.08. The molecule has 0 amide bonds. The van der Waals surface area contributed by atoms with Crippen LogP contribution in [-0.4, -0.2) is 25.9 Å². The van der Waals surface area contributed by atoms with Crippen molar-refractivity contribution < 1.29 is 19.0 Å². The zero-order valence-corrected chi connectivity index (χ0v) is 9.08. The van der Waals surface area contributed by atoms with E-state index in [1.165, 1.54) is 20.3 Å². The highest BCUT2D eigenvalue weighted by atomic mass is 19.1. The van der Waals surface area contributed by atoms with Crippen molar-refractivity contribution in [3.05, 3.63) is 23.5 Å². The molecule has 0 saturated carbocycles. The van der Waals surface area contributed by atoms with Crippen molar-refractivity contribution in [3.8, 4) is 11.5 Å².